The number of para-hydroxylation sites is 3. The van der Waals surface area contributed by atoms with E-state index in [0.29, 0.717) is 0 Å². The van der Waals surface area contributed by atoms with Crippen molar-refractivity contribution >= 4 is 43.5 Å². The van der Waals surface area contributed by atoms with Gasteiger partial charge in [-0.15, -0.1) is 0 Å². The Labute approximate surface area is 259 Å². The first kappa shape index (κ1) is 24.4. The largest absolute Gasteiger partial charge is 0.309 e. The predicted molar refractivity (Wildman–Crippen MR) is 187 cm³/mol. The number of hydrogen-bond acceptors (Lipinski definition) is 2. The second kappa shape index (κ2) is 9.22. The zero-order valence-electron chi connectivity index (χ0n) is 24.3. The molecule has 0 bridgehead atoms. The van der Waals surface area contributed by atoms with Gasteiger partial charge in [0.2, 0.25) is 0 Å². The van der Waals surface area contributed by atoms with Gasteiger partial charge in [0.05, 0.1) is 22.2 Å². The van der Waals surface area contributed by atoms with Crippen LogP contribution in [0.4, 0.5) is 0 Å². The lowest BCUT2D eigenvalue weighted by atomic mass is 9.95. The molecular formula is C42H25N3. The Balaban J connectivity index is 1.22. The van der Waals surface area contributed by atoms with E-state index in [4.69, 9.17) is 9.97 Å². The van der Waals surface area contributed by atoms with Crippen LogP contribution in [0.5, 0.6) is 0 Å². The van der Waals surface area contributed by atoms with E-state index >= 15 is 0 Å². The first-order valence-corrected chi connectivity index (χ1v) is 15.4. The van der Waals surface area contributed by atoms with E-state index in [1.54, 1.807) is 0 Å². The first-order valence-electron chi connectivity index (χ1n) is 15.4. The van der Waals surface area contributed by atoms with Crippen LogP contribution in [0.3, 0.4) is 0 Å². The Morgan fingerprint density at radius 3 is 1.91 bits per heavy atom. The van der Waals surface area contributed by atoms with E-state index in [1.165, 1.54) is 54.8 Å². The molecule has 0 saturated heterocycles. The third kappa shape index (κ3) is 3.46. The summed E-state index contributed by atoms with van der Waals surface area (Å²) in [5, 5.41) is 5.98. The van der Waals surface area contributed by atoms with Crippen LogP contribution in [0.1, 0.15) is 0 Å². The fraction of sp³-hybridized carbons (Fsp3) is 0. The molecule has 2 aromatic heterocycles. The first-order chi connectivity index (χ1) is 22.3. The molecular weight excluding hydrogens is 546 g/mol. The van der Waals surface area contributed by atoms with Crippen LogP contribution >= 0.6 is 0 Å². The maximum Gasteiger partial charge on any atom is 0.160 e. The summed E-state index contributed by atoms with van der Waals surface area (Å²) in [6.07, 6.45) is 0. The van der Waals surface area contributed by atoms with Gasteiger partial charge in [0.25, 0.3) is 0 Å². The summed E-state index contributed by atoms with van der Waals surface area (Å²) >= 11 is 0. The van der Waals surface area contributed by atoms with Crippen molar-refractivity contribution in [3.63, 3.8) is 0 Å². The van der Waals surface area contributed by atoms with E-state index in [2.05, 4.69) is 156 Å². The summed E-state index contributed by atoms with van der Waals surface area (Å²) < 4.78 is 2.34. The van der Waals surface area contributed by atoms with Gasteiger partial charge in [-0.2, -0.15) is 0 Å². The zero-order chi connectivity index (χ0) is 29.5. The number of hydrogen-bond donors (Lipinski definition) is 0. The van der Waals surface area contributed by atoms with Gasteiger partial charge < -0.3 is 4.57 Å². The van der Waals surface area contributed by atoms with E-state index in [-0.39, 0.29) is 0 Å². The highest BCUT2D eigenvalue weighted by atomic mass is 15.0. The normalized spacial score (nSPS) is 12.0. The lowest BCUT2D eigenvalue weighted by Crippen LogP contribution is -1.96. The van der Waals surface area contributed by atoms with Gasteiger partial charge in [-0.1, -0.05) is 109 Å². The Hall–Kier alpha value is -6.06. The molecule has 9 aromatic rings. The number of rotatable bonds is 3. The monoisotopic (exact) mass is 571 g/mol. The molecule has 1 aliphatic rings. The zero-order valence-corrected chi connectivity index (χ0v) is 24.3. The van der Waals surface area contributed by atoms with Gasteiger partial charge in [0, 0.05) is 33.0 Å². The van der Waals surface area contributed by atoms with E-state index in [9.17, 15) is 0 Å². The summed E-state index contributed by atoms with van der Waals surface area (Å²) in [5.74, 6) is 0.730. The maximum atomic E-state index is 5.35. The molecule has 10 rings (SSSR count). The van der Waals surface area contributed by atoms with Crippen molar-refractivity contribution < 1.29 is 0 Å². The summed E-state index contributed by atoms with van der Waals surface area (Å²) in [6.45, 7) is 0. The maximum absolute atomic E-state index is 5.35. The van der Waals surface area contributed by atoms with Gasteiger partial charge in [-0.3, -0.25) is 0 Å². The molecule has 0 fully saturated rings. The van der Waals surface area contributed by atoms with Crippen molar-refractivity contribution in [1.82, 2.24) is 14.5 Å². The molecule has 0 aliphatic heterocycles. The number of fused-ring (bicyclic) bond motifs is 7. The molecule has 3 heteroatoms. The molecule has 0 atom stereocenters. The minimum atomic E-state index is 0.730. The third-order valence-corrected chi connectivity index (χ3v) is 9.35. The predicted octanol–water partition coefficient (Wildman–Crippen LogP) is 10.9. The van der Waals surface area contributed by atoms with Crippen molar-refractivity contribution in [3.8, 4) is 50.6 Å². The second-order valence-electron chi connectivity index (χ2n) is 11.8. The highest BCUT2D eigenvalue weighted by molar-refractivity contribution is 6.19. The van der Waals surface area contributed by atoms with Crippen molar-refractivity contribution in [2.24, 2.45) is 0 Å². The van der Waals surface area contributed by atoms with E-state index in [1.807, 2.05) is 0 Å². The molecule has 0 N–H and O–H groups in total. The number of nitrogens with zero attached hydrogens (tertiary/aromatic N) is 3. The summed E-state index contributed by atoms with van der Waals surface area (Å²) in [6, 6.07) is 54.1. The van der Waals surface area contributed by atoms with Gasteiger partial charge >= 0.3 is 0 Å². The minimum absolute atomic E-state index is 0.730. The van der Waals surface area contributed by atoms with E-state index < -0.39 is 0 Å². The topological polar surface area (TPSA) is 30.7 Å². The van der Waals surface area contributed by atoms with Gasteiger partial charge in [0.15, 0.2) is 5.82 Å². The Bertz CT molecular complexity index is 2620. The van der Waals surface area contributed by atoms with Crippen LogP contribution in [0.2, 0.25) is 0 Å². The highest BCUT2D eigenvalue weighted by Crippen LogP contribution is 2.49. The molecule has 0 spiro atoms. The van der Waals surface area contributed by atoms with Crippen molar-refractivity contribution in [1.29, 1.82) is 0 Å². The van der Waals surface area contributed by atoms with E-state index in [0.717, 1.165) is 39.2 Å². The van der Waals surface area contributed by atoms with Gasteiger partial charge in [0.1, 0.15) is 0 Å². The standard InChI is InChI=1S/C42H25N3/c1-2-11-27(12-3-1)45-38-20-9-7-15-30(38)36-25-26(21-24-39(36)45)42-43-37-19-8-6-16-35(37)41(44-42)34-23-22-33-29-14-5-4-13-28(29)31-17-10-18-32(34)40(31)33/h1-25H. The summed E-state index contributed by atoms with van der Waals surface area (Å²) in [4.78, 5) is 10.5. The lowest BCUT2D eigenvalue weighted by molar-refractivity contribution is 1.18. The Morgan fingerprint density at radius 1 is 0.400 bits per heavy atom. The molecule has 2 heterocycles. The average molecular weight is 572 g/mol. The van der Waals surface area contributed by atoms with Crippen molar-refractivity contribution in [2.45, 2.75) is 0 Å². The Kier molecular flexibility index (Phi) is 5.00. The highest BCUT2D eigenvalue weighted by Gasteiger charge is 2.23. The van der Waals surface area contributed by atoms with Crippen LogP contribution in [0, 0.1) is 0 Å². The fourth-order valence-electron chi connectivity index (χ4n) is 7.39. The number of benzene rings is 7. The van der Waals surface area contributed by atoms with Crippen LogP contribution in [0.15, 0.2) is 152 Å². The molecule has 0 radical (unpaired) electrons. The second-order valence-corrected chi connectivity index (χ2v) is 11.8. The smallest absolute Gasteiger partial charge is 0.160 e. The lowest BCUT2D eigenvalue weighted by Gasteiger charge is -2.13. The van der Waals surface area contributed by atoms with Crippen LogP contribution in [-0.2, 0) is 0 Å². The Morgan fingerprint density at radius 2 is 1.04 bits per heavy atom. The molecule has 7 aromatic carbocycles. The van der Waals surface area contributed by atoms with Gasteiger partial charge in [-0.05, 0) is 75.5 Å². The van der Waals surface area contributed by atoms with Crippen LogP contribution in [0.25, 0.3) is 94.1 Å². The molecule has 208 valence electrons. The molecule has 45 heavy (non-hydrogen) atoms. The molecule has 1 aliphatic carbocycles. The van der Waals surface area contributed by atoms with Crippen LogP contribution in [-0.4, -0.2) is 14.5 Å². The minimum Gasteiger partial charge on any atom is -0.309 e. The SMILES string of the molecule is c1ccc(-n2c3ccccc3c3cc(-c4nc(-c5ccc6c7c(cccc57)-c5ccccc5-6)c5ccccc5n4)ccc32)cc1. The molecule has 0 amide bonds. The third-order valence-electron chi connectivity index (χ3n) is 9.35. The van der Waals surface area contributed by atoms with Crippen molar-refractivity contribution in [3.05, 3.63) is 152 Å². The molecule has 3 nitrogen and oxygen atoms in total. The molecule has 0 unspecified atom stereocenters. The van der Waals surface area contributed by atoms with Crippen LogP contribution < -0.4 is 0 Å². The molecule has 0 saturated carbocycles. The summed E-state index contributed by atoms with van der Waals surface area (Å²) in [7, 11) is 0. The van der Waals surface area contributed by atoms with Gasteiger partial charge in [-0.25, -0.2) is 9.97 Å². The fourth-order valence-corrected chi connectivity index (χ4v) is 7.39. The number of aromatic nitrogens is 3. The summed E-state index contributed by atoms with van der Waals surface area (Å²) in [5.41, 5.74) is 12.7. The average Bonchev–Trinajstić information content (AvgIpc) is 3.62. The quantitative estimate of drug-likeness (QED) is 0.211. The van der Waals surface area contributed by atoms with Crippen molar-refractivity contribution in [2.75, 3.05) is 0 Å².